The van der Waals surface area contributed by atoms with Crippen LogP contribution in [0.4, 0.5) is 0 Å². The monoisotopic (exact) mass is 430 g/mol. The van der Waals surface area contributed by atoms with Crippen molar-refractivity contribution in [3.63, 3.8) is 0 Å². The normalized spacial score (nSPS) is 31.0. The summed E-state index contributed by atoms with van der Waals surface area (Å²) in [6.07, 6.45) is -2.32. The van der Waals surface area contributed by atoms with Crippen molar-refractivity contribution >= 4 is 17.7 Å². The summed E-state index contributed by atoms with van der Waals surface area (Å²) in [5.74, 6) is 0.407. The Balaban J connectivity index is 1.55. The van der Waals surface area contributed by atoms with E-state index in [-0.39, 0.29) is 11.5 Å². The van der Waals surface area contributed by atoms with E-state index in [0.29, 0.717) is 12.2 Å². The van der Waals surface area contributed by atoms with E-state index < -0.39 is 30.6 Å². The van der Waals surface area contributed by atoms with Gasteiger partial charge in [0.05, 0.1) is 12.2 Å². The third kappa shape index (κ3) is 4.55. The molecule has 2 aliphatic heterocycles. The Labute approximate surface area is 180 Å². The molecule has 1 unspecified atom stereocenters. The van der Waals surface area contributed by atoms with Crippen LogP contribution in [0.5, 0.6) is 0 Å². The van der Waals surface area contributed by atoms with Crippen molar-refractivity contribution in [1.29, 1.82) is 0 Å². The number of thioether (sulfide) groups is 1. The van der Waals surface area contributed by atoms with E-state index in [1.807, 2.05) is 55.5 Å². The van der Waals surface area contributed by atoms with Crippen molar-refractivity contribution in [2.45, 2.75) is 43.1 Å². The van der Waals surface area contributed by atoms with Crippen LogP contribution in [0.3, 0.4) is 0 Å². The van der Waals surface area contributed by atoms with E-state index in [0.717, 1.165) is 11.3 Å². The number of ether oxygens (including phenoxy) is 5. The summed E-state index contributed by atoms with van der Waals surface area (Å²) >= 11 is 1.58. The minimum Gasteiger partial charge on any atom is -0.452 e. The van der Waals surface area contributed by atoms with E-state index in [1.165, 1.54) is 0 Å². The zero-order chi connectivity index (χ0) is 20.9. The largest absolute Gasteiger partial charge is 0.452 e. The highest BCUT2D eigenvalue weighted by atomic mass is 32.2. The number of esters is 1. The Morgan fingerprint density at radius 1 is 1.03 bits per heavy atom. The van der Waals surface area contributed by atoms with E-state index >= 15 is 0 Å². The van der Waals surface area contributed by atoms with Gasteiger partial charge < -0.3 is 23.7 Å². The van der Waals surface area contributed by atoms with Gasteiger partial charge >= 0.3 is 5.97 Å². The third-order valence-electron chi connectivity index (χ3n) is 5.21. The first-order chi connectivity index (χ1) is 14.7. The van der Waals surface area contributed by atoms with Crippen LogP contribution in [0.1, 0.15) is 29.1 Å². The topological polar surface area (TPSA) is 63.2 Å². The highest BCUT2D eigenvalue weighted by molar-refractivity contribution is 7.99. The van der Waals surface area contributed by atoms with Crippen LogP contribution in [0.25, 0.3) is 0 Å². The molecule has 2 aromatic rings. The molecule has 6 nitrogen and oxygen atoms in total. The minimum absolute atomic E-state index is 0.300. The van der Waals surface area contributed by atoms with Gasteiger partial charge in [0.1, 0.15) is 23.7 Å². The molecule has 0 aromatic heterocycles. The molecule has 6 atom stereocenters. The number of fused-ring (bicyclic) bond motifs is 1. The SMILES string of the molecule is CCS[C@@H]1O[C@@H]2COC(c3ccccc3)O[C@H]2[C@H](OC)[C@H]1OC(=O)c1ccccc1. The summed E-state index contributed by atoms with van der Waals surface area (Å²) in [4.78, 5) is 12.8. The van der Waals surface area contributed by atoms with Gasteiger partial charge in [-0.3, -0.25) is 0 Å². The Bertz CT molecular complexity index is 817. The van der Waals surface area contributed by atoms with Gasteiger partial charge in [-0.05, 0) is 17.9 Å². The van der Waals surface area contributed by atoms with Crippen LogP contribution in [-0.4, -0.2) is 55.3 Å². The maximum atomic E-state index is 12.8. The predicted octanol–water partition coefficient (Wildman–Crippen LogP) is 3.82. The molecule has 2 aromatic carbocycles. The number of carbonyl (C=O) groups is 1. The van der Waals surface area contributed by atoms with Gasteiger partial charge in [-0.25, -0.2) is 4.79 Å². The maximum Gasteiger partial charge on any atom is 0.338 e. The summed E-state index contributed by atoms with van der Waals surface area (Å²) in [6, 6.07) is 18.7. The summed E-state index contributed by atoms with van der Waals surface area (Å²) in [5.41, 5.74) is 1.05. The van der Waals surface area contributed by atoms with E-state index in [9.17, 15) is 4.79 Å². The molecule has 2 aliphatic rings. The summed E-state index contributed by atoms with van der Waals surface area (Å²) in [7, 11) is 1.61. The highest BCUT2D eigenvalue weighted by Gasteiger charge is 2.52. The Kier molecular flexibility index (Phi) is 7.07. The van der Waals surface area contributed by atoms with Crippen LogP contribution in [-0.2, 0) is 23.7 Å². The van der Waals surface area contributed by atoms with Crippen LogP contribution in [0, 0.1) is 0 Å². The molecule has 7 heteroatoms. The van der Waals surface area contributed by atoms with Crippen molar-refractivity contribution in [2.75, 3.05) is 19.5 Å². The average molecular weight is 431 g/mol. The quantitative estimate of drug-likeness (QED) is 0.646. The summed E-state index contributed by atoms with van der Waals surface area (Å²) in [5, 5.41) is 0. The molecule has 0 radical (unpaired) electrons. The van der Waals surface area contributed by atoms with Crippen molar-refractivity contribution in [3.05, 3.63) is 71.8 Å². The van der Waals surface area contributed by atoms with E-state index in [1.54, 1.807) is 31.0 Å². The molecule has 0 spiro atoms. The molecule has 0 aliphatic carbocycles. The molecule has 2 saturated heterocycles. The third-order valence-corrected chi connectivity index (χ3v) is 6.25. The number of rotatable bonds is 6. The van der Waals surface area contributed by atoms with Gasteiger partial charge in [0.2, 0.25) is 0 Å². The van der Waals surface area contributed by atoms with Crippen molar-refractivity contribution in [3.8, 4) is 0 Å². The smallest absolute Gasteiger partial charge is 0.338 e. The van der Waals surface area contributed by atoms with Crippen LogP contribution < -0.4 is 0 Å². The minimum atomic E-state index is -0.608. The van der Waals surface area contributed by atoms with Gasteiger partial charge in [0.25, 0.3) is 0 Å². The molecular weight excluding hydrogens is 404 g/mol. The van der Waals surface area contributed by atoms with Crippen LogP contribution in [0.2, 0.25) is 0 Å². The predicted molar refractivity (Wildman–Crippen MR) is 113 cm³/mol. The van der Waals surface area contributed by atoms with Crippen molar-refractivity contribution in [2.24, 2.45) is 0 Å². The number of carbonyl (C=O) groups excluding carboxylic acids is 1. The number of hydrogen-bond donors (Lipinski definition) is 0. The van der Waals surface area contributed by atoms with E-state index in [2.05, 4.69) is 0 Å². The molecule has 2 fully saturated rings. The average Bonchev–Trinajstić information content (AvgIpc) is 2.80. The van der Waals surface area contributed by atoms with Gasteiger partial charge in [0, 0.05) is 12.7 Å². The van der Waals surface area contributed by atoms with Crippen molar-refractivity contribution < 1.29 is 28.5 Å². The number of hydrogen-bond acceptors (Lipinski definition) is 7. The highest BCUT2D eigenvalue weighted by Crippen LogP contribution is 2.39. The zero-order valence-electron chi connectivity index (χ0n) is 17.0. The molecule has 160 valence electrons. The fourth-order valence-electron chi connectivity index (χ4n) is 3.78. The van der Waals surface area contributed by atoms with Crippen LogP contribution >= 0.6 is 11.8 Å². The van der Waals surface area contributed by atoms with Gasteiger partial charge in [-0.15, -0.1) is 11.8 Å². The van der Waals surface area contributed by atoms with Crippen LogP contribution in [0.15, 0.2) is 60.7 Å². The Morgan fingerprint density at radius 2 is 1.73 bits per heavy atom. The molecule has 2 heterocycles. The van der Waals surface area contributed by atoms with Gasteiger partial charge in [-0.2, -0.15) is 0 Å². The number of methoxy groups -OCH3 is 1. The first kappa shape index (κ1) is 21.3. The Hall–Kier alpha value is -1.90. The molecule has 0 N–H and O–H groups in total. The van der Waals surface area contributed by atoms with Crippen molar-refractivity contribution in [1.82, 2.24) is 0 Å². The summed E-state index contributed by atoms with van der Waals surface area (Å²) < 4.78 is 30.1. The molecular formula is C23H26O6S. The zero-order valence-corrected chi connectivity index (χ0v) is 17.8. The lowest BCUT2D eigenvalue weighted by Crippen LogP contribution is -2.62. The molecule has 0 amide bonds. The fraction of sp³-hybridized carbons (Fsp3) is 0.435. The lowest BCUT2D eigenvalue weighted by atomic mass is 9.98. The first-order valence-corrected chi connectivity index (χ1v) is 11.1. The Morgan fingerprint density at radius 3 is 2.40 bits per heavy atom. The van der Waals surface area contributed by atoms with Gasteiger partial charge in [-0.1, -0.05) is 55.5 Å². The molecule has 30 heavy (non-hydrogen) atoms. The second-order valence-corrected chi connectivity index (χ2v) is 8.49. The fourth-order valence-corrected chi connectivity index (χ4v) is 4.73. The second-order valence-electron chi connectivity index (χ2n) is 7.11. The van der Waals surface area contributed by atoms with Gasteiger partial charge in [0.15, 0.2) is 12.4 Å². The lowest BCUT2D eigenvalue weighted by molar-refractivity contribution is -0.320. The molecule has 0 saturated carbocycles. The first-order valence-electron chi connectivity index (χ1n) is 10.1. The lowest BCUT2D eigenvalue weighted by Gasteiger charge is -2.48. The van der Waals surface area contributed by atoms with E-state index in [4.69, 9.17) is 23.7 Å². The summed E-state index contributed by atoms with van der Waals surface area (Å²) in [6.45, 7) is 2.42. The maximum absolute atomic E-state index is 12.8. The molecule has 4 rings (SSSR count). The number of benzene rings is 2. The molecule has 0 bridgehead atoms. The second kappa shape index (κ2) is 9.94. The standard InChI is InChI=1S/C23H26O6S/c1-3-30-23-20(28-21(24)15-10-6-4-7-11-15)19(25-2)18-17(27-23)14-26-22(29-18)16-12-8-5-9-13-16/h4-13,17-20,22-23H,3,14H2,1-2H3/t17-,18-,19+,20-,22?,23+/m1/s1.